The van der Waals surface area contributed by atoms with Crippen molar-refractivity contribution in [2.24, 2.45) is 0 Å². The van der Waals surface area contributed by atoms with Crippen LogP contribution in [0.15, 0.2) is 0 Å². The Kier molecular flexibility index (Phi) is 4.96. The van der Waals surface area contributed by atoms with E-state index in [1.807, 2.05) is 20.9 Å². The first-order valence-corrected chi connectivity index (χ1v) is 7.09. The molecule has 1 aromatic heterocycles. The van der Waals surface area contributed by atoms with Gasteiger partial charge in [0, 0.05) is 13.6 Å². The fraction of sp³-hybridized carbons (Fsp3) is 0.714. The van der Waals surface area contributed by atoms with Crippen LogP contribution in [0.25, 0.3) is 0 Å². The zero-order valence-electron chi connectivity index (χ0n) is 12.2. The molecule has 0 aliphatic carbocycles. The minimum atomic E-state index is 0.695. The van der Waals surface area contributed by atoms with Gasteiger partial charge in [-0.15, -0.1) is 0 Å². The minimum Gasteiger partial charge on any atom is -0.476 e. The SMILES string of the molecule is CNc1nc(C)nc(OCCN2CCCCC2)c1C. The molecule has 0 saturated carbocycles. The first-order chi connectivity index (χ1) is 9.20. The molecule has 0 bridgehead atoms. The molecule has 1 saturated heterocycles. The third-order valence-corrected chi connectivity index (χ3v) is 3.54. The summed E-state index contributed by atoms with van der Waals surface area (Å²) in [6.07, 6.45) is 4.00. The number of anilines is 1. The van der Waals surface area contributed by atoms with Crippen molar-refractivity contribution in [2.45, 2.75) is 33.1 Å². The fourth-order valence-electron chi connectivity index (χ4n) is 2.44. The minimum absolute atomic E-state index is 0.695. The topological polar surface area (TPSA) is 50.3 Å². The highest BCUT2D eigenvalue weighted by Crippen LogP contribution is 2.21. The molecule has 0 radical (unpaired) electrons. The summed E-state index contributed by atoms with van der Waals surface area (Å²) in [6.45, 7) is 7.96. The summed E-state index contributed by atoms with van der Waals surface area (Å²) < 4.78 is 5.83. The highest BCUT2D eigenvalue weighted by molar-refractivity contribution is 5.47. The van der Waals surface area contributed by atoms with Gasteiger partial charge < -0.3 is 10.1 Å². The van der Waals surface area contributed by atoms with Crippen molar-refractivity contribution < 1.29 is 4.74 Å². The molecule has 1 fully saturated rings. The highest BCUT2D eigenvalue weighted by atomic mass is 16.5. The fourth-order valence-corrected chi connectivity index (χ4v) is 2.44. The molecule has 1 aromatic rings. The number of piperidine rings is 1. The predicted molar refractivity (Wildman–Crippen MR) is 76.8 cm³/mol. The lowest BCUT2D eigenvalue weighted by Crippen LogP contribution is -2.33. The number of rotatable bonds is 5. The molecule has 0 unspecified atom stereocenters. The second-order valence-electron chi connectivity index (χ2n) is 5.05. The van der Waals surface area contributed by atoms with Crippen molar-refractivity contribution in [2.75, 3.05) is 38.6 Å². The number of hydrogen-bond acceptors (Lipinski definition) is 5. The van der Waals surface area contributed by atoms with Gasteiger partial charge in [0.05, 0.1) is 5.56 Å². The molecular formula is C14H24N4O. The molecule has 106 valence electrons. The van der Waals surface area contributed by atoms with Gasteiger partial charge in [-0.05, 0) is 39.8 Å². The second-order valence-corrected chi connectivity index (χ2v) is 5.05. The van der Waals surface area contributed by atoms with E-state index in [4.69, 9.17) is 4.74 Å². The van der Waals surface area contributed by atoms with Gasteiger partial charge in [0.2, 0.25) is 5.88 Å². The van der Waals surface area contributed by atoms with E-state index in [-0.39, 0.29) is 0 Å². The average molecular weight is 264 g/mol. The van der Waals surface area contributed by atoms with Crippen LogP contribution >= 0.6 is 0 Å². The van der Waals surface area contributed by atoms with Crippen LogP contribution in [0.2, 0.25) is 0 Å². The van der Waals surface area contributed by atoms with Crippen molar-refractivity contribution in [3.63, 3.8) is 0 Å². The summed E-state index contributed by atoms with van der Waals surface area (Å²) in [5.41, 5.74) is 0.978. The van der Waals surface area contributed by atoms with Crippen molar-refractivity contribution in [1.29, 1.82) is 0 Å². The summed E-state index contributed by atoms with van der Waals surface area (Å²) in [7, 11) is 1.87. The van der Waals surface area contributed by atoms with Crippen LogP contribution in [-0.2, 0) is 0 Å². The molecule has 5 heteroatoms. The molecular weight excluding hydrogens is 240 g/mol. The van der Waals surface area contributed by atoms with Crippen LogP contribution in [0, 0.1) is 13.8 Å². The first kappa shape index (κ1) is 14.1. The Hall–Kier alpha value is -1.36. The third-order valence-electron chi connectivity index (χ3n) is 3.54. The van der Waals surface area contributed by atoms with Gasteiger partial charge in [0.25, 0.3) is 0 Å². The van der Waals surface area contributed by atoms with Crippen LogP contribution in [0.1, 0.15) is 30.7 Å². The number of aromatic nitrogens is 2. The maximum atomic E-state index is 5.83. The van der Waals surface area contributed by atoms with Crippen molar-refractivity contribution in [1.82, 2.24) is 14.9 Å². The Morgan fingerprint density at radius 2 is 1.89 bits per heavy atom. The summed E-state index contributed by atoms with van der Waals surface area (Å²) in [4.78, 5) is 11.2. The van der Waals surface area contributed by atoms with Crippen molar-refractivity contribution in [3.05, 3.63) is 11.4 Å². The molecule has 1 aliphatic rings. The smallest absolute Gasteiger partial charge is 0.221 e. The molecule has 1 aliphatic heterocycles. The van der Waals surface area contributed by atoms with E-state index in [1.54, 1.807) is 0 Å². The number of ether oxygens (including phenoxy) is 1. The molecule has 0 aromatic carbocycles. The molecule has 0 spiro atoms. The van der Waals surface area contributed by atoms with Crippen LogP contribution in [0.4, 0.5) is 5.82 Å². The monoisotopic (exact) mass is 264 g/mol. The van der Waals surface area contributed by atoms with Gasteiger partial charge in [0.15, 0.2) is 0 Å². The van der Waals surface area contributed by atoms with E-state index in [0.29, 0.717) is 12.5 Å². The number of aryl methyl sites for hydroxylation is 1. The number of hydrogen-bond donors (Lipinski definition) is 1. The molecule has 0 amide bonds. The standard InChI is InChI=1S/C14H24N4O/c1-11-13(15-3)16-12(2)17-14(11)19-10-9-18-7-5-4-6-8-18/h4-10H2,1-3H3,(H,15,16,17). The largest absolute Gasteiger partial charge is 0.476 e. The Morgan fingerprint density at radius 1 is 1.16 bits per heavy atom. The summed E-state index contributed by atoms with van der Waals surface area (Å²) in [6, 6.07) is 0. The molecule has 2 heterocycles. The number of nitrogens with one attached hydrogen (secondary N) is 1. The van der Waals surface area contributed by atoms with Gasteiger partial charge in [-0.1, -0.05) is 6.42 Å². The van der Waals surface area contributed by atoms with Gasteiger partial charge in [0.1, 0.15) is 18.2 Å². The Balaban J connectivity index is 1.89. The van der Waals surface area contributed by atoms with E-state index in [1.165, 1.54) is 32.4 Å². The summed E-state index contributed by atoms with van der Waals surface area (Å²) in [5.74, 6) is 2.29. The van der Waals surface area contributed by atoms with Gasteiger partial charge in [-0.3, -0.25) is 4.90 Å². The average Bonchev–Trinajstić information content (AvgIpc) is 2.43. The van der Waals surface area contributed by atoms with Crippen LogP contribution in [0.5, 0.6) is 5.88 Å². The van der Waals surface area contributed by atoms with E-state index >= 15 is 0 Å². The summed E-state index contributed by atoms with van der Waals surface area (Å²) in [5, 5.41) is 3.07. The first-order valence-electron chi connectivity index (χ1n) is 7.09. The lowest BCUT2D eigenvalue weighted by Gasteiger charge is -2.26. The van der Waals surface area contributed by atoms with E-state index in [9.17, 15) is 0 Å². The Morgan fingerprint density at radius 3 is 2.58 bits per heavy atom. The quantitative estimate of drug-likeness (QED) is 0.881. The van der Waals surface area contributed by atoms with E-state index in [0.717, 1.165) is 23.8 Å². The normalized spacial score (nSPS) is 16.4. The Labute approximate surface area is 115 Å². The van der Waals surface area contributed by atoms with Crippen LogP contribution in [-0.4, -0.2) is 48.2 Å². The molecule has 19 heavy (non-hydrogen) atoms. The van der Waals surface area contributed by atoms with Gasteiger partial charge >= 0.3 is 0 Å². The van der Waals surface area contributed by atoms with Crippen molar-refractivity contribution >= 4 is 5.82 Å². The molecule has 5 nitrogen and oxygen atoms in total. The molecule has 1 N–H and O–H groups in total. The lowest BCUT2D eigenvalue weighted by atomic mass is 10.1. The Bertz CT molecular complexity index is 416. The molecule has 0 atom stereocenters. The lowest BCUT2D eigenvalue weighted by molar-refractivity contribution is 0.180. The predicted octanol–water partition coefficient (Wildman–Crippen LogP) is 2.00. The maximum Gasteiger partial charge on any atom is 0.221 e. The number of likely N-dealkylation sites (tertiary alicyclic amines) is 1. The maximum absolute atomic E-state index is 5.83. The summed E-state index contributed by atoms with van der Waals surface area (Å²) >= 11 is 0. The van der Waals surface area contributed by atoms with Gasteiger partial charge in [-0.25, -0.2) is 4.98 Å². The zero-order valence-corrected chi connectivity index (χ0v) is 12.2. The van der Waals surface area contributed by atoms with Crippen LogP contribution in [0.3, 0.4) is 0 Å². The van der Waals surface area contributed by atoms with Crippen molar-refractivity contribution in [3.8, 4) is 5.88 Å². The number of nitrogens with zero attached hydrogens (tertiary/aromatic N) is 3. The van der Waals surface area contributed by atoms with E-state index < -0.39 is 0 Å². The second kappa shape index (κ2) is 6.70. The zero-order chi connectivity index (χ0) is 13.7. The molecule has 2 rings (SSSR count). The van der Waals surface area contributed by atoms with E-state index in [2.05, 4.69) is 20.2 Å². The highest BCUT2D eigenvalue weighted by Gasteiger charge is 2.12. The third kappa shape index (κ3) is 3.80. The van der Waals surface area contributed by atoms with Crippen LogP contribution < -0.4 is 10.1 Å². The van der Waals surface area contributed by atoms with Gasteiger partial charge in [-0.2, -0.15) is 4.98 Å².